The van der Waals surface area contributed by atoms with Gasteiger partial charge < -0.3 is 5.32 Å². The Morgan fingerprint density at radius 3 is 2.24 bits per heavy atom. The van der Waals surface area contributed by atoms with Crippen molar-refractivity contribution in [2.24, 2.45) is 0 Å². The number of hydrazine groups is 1. The van der Waals surface area contributed by atoms with Crippen LogP contribution in [0.2, 0.25) is 5.02 Å². The van der Waals surface area contributed by atoms with Crippen LogP contribution < -0.4 is 16.2 Å². The van der Waals surface area contributed by atoms with E-state index in [1.165, 1.54) is 6.92 Å². The van der Waals surface area contributed by atoms with Crippen molar-refractivity contribution in [1.29, 1.82) is 0 Å². The molecule has 0 aliphatic heterocycles. The number of hydrogen-bond acceptors (Lipinski definition) is 3. The van der Waals surface area contributed by atoms with Gasteiger partial charge in [-0.15, -0.1) is 0 Å². The Balaban J connectivity index is 1.96. The molecule has 2 rings (SSSR count). The summed E-state index contributed by atoms with van der Waals surface area (Å²) in [4.78, 5) is 35.5. The summed E-state index contributed by atoms with van der Waals surface area (Å²) in [7, 11) is 0. The highest BCUT2D eigenvalue weighted by Crippen LogP contribution is 2.16. The summed E-state index contributed by atoms with van der Waals surface area (Å²) < 4.78 is 0. The molecular weight excluding hydrogens is 342 g/mol. The molecule has 130 valence electrons. The molecular formula is C18H18ClN3O3. The lowest BCUT2D eigenvalue weighted by atomic mass is 10.0. The van der Waals surface area contributed by atoms with E-state index in [0.717, 1.165) is 5.56 Å². The zero-order valence-electron chi connectivity index (χ0n) is 13.6. The van der Waals surface area contributed by atoms with E-state index in [9.17, 15) is 14.4 Å². The van der Waals surface area contributed by atoms with E-state index < -0.39 is 17.9 Å². The second-order valence-electron chi connectivity index (χ2n) is 5.35. The summed E-state index contributed by atoms with van der Waals surface area (Å²) in [6.07, 6.45) is -0.0214. The molecule has 0 saturated carbocycles. The van der Waals surface area contributed by atoms with Gasteiger partial charge in [-0.05, 0) is 17.7 Å². The second-order valence-corrected chi connectivity index (χ2v) is 5.76. The number of nitrogens with one attached hydrogen (secondary N) is 3. The SMILES string of the molecule is CC(=O)N[C@@H](CC(=O)NNC(=O)c1ccccc1Cl)c1ccccc1. The first-order valence-electron chi connectivity index (χ1n) is 7.63. The average Bonchev–Trinajstić information content (AvgIpc) is 2.60. The fourth-order valence-corrected chi connectivity index (χ4v) is 2.48. The van der Waals surface area contributed by atoms with Gasteiger partial charge in [-0.2, -0.15) is 0 Å². The van der Waals surface area contributed by atoms with Gasteiger partial charge in [-0.1, -0.05) is 54.1 Å². The maximum Gasteiger partial charge on any atom is 0.271 e. The molecule has 1 atom stereocenters. The molecule has 2 aromatic carbocycles. The molecule has 0 heterocycles. The molecule has 2 aromatic rings. The molecule has 3 N–H and O–H groups in total. The molecule has 0 radical (unpaired) electrons. The molecule has 0 saturated heterocycles. The first kappa shape index (κ1) is 18.5. The monoisotopic (exact) mass is 359 g/mol. The lowest BCUT2D eigenvalue weighted by molar-refractivity contribution is -0.123. The fourth-order valence-electron chi connectivity index (χ4n) is 2.26. The standard InChI is InChI=1S/C18H18ClN3O3/c1-12(23)20-16(13-7-3-2-4-8-13)11-17(24)21-22-18(25)14-9-5-6-10-15(14)19/h2-10,16H,11H2,1H3,(H,20,23)(H,21,24)(H,22,25)/t16-/m0/s1. The number of halogens is 1. The molecule has 0 fully saturated rings. The molecule has 0 spiro atoms. The Morgan fingerprint density at radius 1 is 0.960 bits per heavy atom. The van der Waals surface area contributed by atoms with Crippen LogP contribution in [0.4, 0.5) is 0 Å². The van der Waals surface area contributed by atoms with Crippen LogP contribution in [0.1, 0.15) is 35.3 Å². The minimum atomic E-state index is -0.519. The molecule has 0 bridgehead atoms. The number of carbonyl (C=O) groups is 3. The van der Waals surface area contributed by atoms with Crippen LogP contribution in [-0.2, 0) is 9.59 Å². The van der Waals surface area contributed by atoms with Gasteiger partial charge in [0.15, 0.2) is 0 Å². The number of benzene rings is 2. The summed E-state index contributed by atoms with van der Waals surface area (Å²) in [6.45, 7) is 1.38. The fraction of sp³-hybridized carbons (Fsp3) is 0.167. The highest BCUT2D eigenvalue weighted by molar-refractivity contribution is 6.33. The third-order valence-corrected chi connectivity index (χ3v) is 3.73. The van der Waals surface area contributed by atoms with Crippen molar-refractivity contribution >= 4 is 29.3 Å². The summed E-state index contributed by atoms with van der Waals surface area (Å²) >= 11 is 5.94. The van der Waals surface area contributed by atoms with Crippen molar-refractivity contribution in [2.75, 3.05) is 0 Å². The van der Waals surface area contributed by atoms with Gasteiger partial charge in [0, 0.05) is 6.92 Å². The average molecular weight is 360 g/mol. The van der Waals surface area contributed by atoms with Crippen molar-refractivity contribution in [2.45, 2.75) is 19.4 Å². The lowest BCUT2D eigenvalue weighted by Crippen LogP contribution is -2.43. The van der Waals surface area contributed by atoms with Crippen LogP contribution in [0.25, 0.3) is 0 Å². The molecule has 7 heteroatoms. The van der Waals surface area contributed by atoms with Crippen LogP contribution in [0.3, 0.4) is 0 Å². The smallest absolute Gasteiger partial charge is 0.271 e. The number of rotatable bonds is 5. The minimum Gasteiger partial charge on any atom is -0.349 e. The van der Waals surface area contributed by atoms with Crippen molar-refractivity contribution in [3.8, 4) is 0 Å². The van der Waals surface area contributed by atoms with Crippen LogP contribution in [0.15, 0.2) is 54.6 Å². The van der Waals surface area contributed by atoms with E-state index in [2.05, 4.69) is 16.2 Å². The Bertz CT molecular complexity index is 765. The number of hydrogen-bond donors (Lipinski definition) is 3. The minimum absolute atomic E-state index is 0.0214. The van der Waals surface area contributed by atoms with Gasteiger partial charge in [0.2, 0.25) is 11.8 Å². The van der Waals surface area contributed by atoms with Gasteiger partial charge >= 0.3 is 0 Å². The Morgan fingerprint density at radius 2 is 1.60 bits per heavy atom. The largest absolute Gasteiger partial charge is 0.349 e. The van der Waals surface area contributed by atoms with Crippen molar-refractivity contribution in [3.05, 3.63) is 70.7 Å². The van der Waals surface area contributed by atoms with E-state index in [4.69, 9.17) is 11.6 Å². The van der Waals surface area contributed by atoms with Crippen molar-refractivity contribution in [1.82, 2.24) is 16.2 Å². The predicted octanol–water partition coefficient (Wildman–Crippen LogP) is 2.37. The molecule has 0 aliphatic rings. The molecule has 0 aliphatic carbocycles. The van der Waals surface area contributed by atoms with E-state index in [1.807, 2.05) is 30.3 Å². The van der Waals surface area contributed by atoms with Gasteiger partial charge in [0.05, 0.1) is 23.0 Å². The molecule has 6 nitrogen and oxygen atoms in total. The second kappa shape index (κ2) is 8.84. The molecule has 0 unspecified atom stereocenters. The summed E-state index contributed by atoms with van der Waals surface area (Å²) in [5, 5.41) is 3.01. The van der Waals surface area contributed by atoms with Gasteiger partial charge in [0.25, 0.3) is 5.91 Å². The van der Waals surface area contributed by atoms with Crippen LogP contribution in [0.5, 0.6) is 0 Å². The topological polar surface area (TPSA) is 87.3 Å². The molecule has 3 amide bonds. The summed E-state index contributed by atoms with van der Waals surface area (Å²) in [6, 6.07) is 15.1. The summed E-state index contributed by atoms with van der Waals surface area (Å²) in [5.41, 5.74) is 5.70. The predicted molar refractivity (Wildman–Crippen MR) is 94.7 cm³/mol. The maximum atomic E-state index is 12.1. The quantitative estimate of drug-likeness (QED) is 0.716. The van der Waals surface area contributed by atoms with E-state index in [-0.39, 0.29) is 22.9 Å². The van der Waals surface area contributed by atoms with Gasteiger partial charge in [-0.3, -0.25) is 25.2 Å². The van der Waals surface area contributed by atoms with E-state index in [0.29, 0.717) is 0 Å². The van der Waals surface area contributed by atoms with Crippen LogP contribution >= 0.6 is 11.6 Å². The summed E-state index contributed by atoms with van der Waals surface area (Å²) in [5.74, 6) is -1.21. The van der Waals surface area contributed by atoms with Crippen LogP contribution in [-0.4, -0.2) is 17.7 Å². The van der Waals surface area contributed by atoms with E-state index in [1.54, 1.807) is 24.3 Å². The van der Waals surface area contributed by atoms with Crippen LogP contribution in [0, 0.1) is 0 Å². The Hall–Kier alpha value is -2.86. The highest BCUT2D eigenvalue weighted by atomic mass is 35.5. The molecule has 25 heavy (non-hydrogen) atoms. The Kier molecular flexibility index (Phi) is 6.54. The maximum absolute atomic E-state index is 12.1. The van der Waals surface area contributed by atoms with Gasteiger partial charge in [-0.25, -0.2) is 0 Å². The highest BCUT2D eigenvalue weighted by Gasteiger charge is 2.18. The van der Waals surface area contributed by atoms with Gasteiger partial charge in [0.1, 0.15) is 0 Å². The lowest BCUT2D eigenvalue weighted by Gasteiger charge is -2.18. The third-order valence-electron chi connectivity index (χ3n) is 3.40. The number of amides is 3. The number of carbonyl (C=O) groups excluding carboxylic acids is 3. The van der Waals surface area contributed by atoms with E-state index >= 15 is 0 Å². The normalized spacial score (nSPS) is 11.3. The van der Waals surface area contributed by atoms with Crippen molar-refractivity contribution in [3.63, 3.8) is 0 Å². The Labute approximate surface area is 150 Å². The first-order chi connectivity index (χ1) is 12.0. The first-order valence-corrected chi connectivity index (χ1v) is 8.01. The zero-order chi connectivity index (χ0) is 18.2. The zero-order valence-corrected chi connectivity index (χ0v) is 14.3. The molecule has 0 aromatic heterocycles. The van der Waals surface area contributed by atoms with Crippen molar-refractivity contribution < 1.29 is 14.4 Å². The third kappa shape index (κ3) is 5.61.